The third kappa shape index (κ3) is 2.83. The number of hydrogen-bond acceptors (Lipinski definition) is 6. The molecule has 0 saturated heterocycles. The molecule has 18 heavy (non-hydrogen) atoms. The Hall–Kier alpha value is -1.96. The first-order chi connectivity index (χ1) is 8.35. The number of nitrogen functional groups attached to an aromatic ring is 1. The highest BCUT2D eigenvalue weighted by Crippen LogP contribution is 2.23. The molecule has 0 fully saturated rings. The monoisotopic (exact) mass is 271 g/mol. The summed E-state index contributed by atoms with van der Waals surface area (Å²) < 4.78 is 40.5. The largest absolute Gasteiger partial charge is 0.399 e. The summed E-state index contributed by atoms with van der Waals surface area (Å²) in [6, 6.07) is 4.00. The van der Waals surface area contributed by atoms with Gasteiger partial charge in [0.1, 0.15) is 11.6 Å². The molecule has 2 N–H and O–H groups in total. The Morgan fingerprint density at radius 1 is 1.44 bits per heavy atom. The fourth-order valence-corrected chi connectivity index (χ4v) is 1.95. The van der Waals surface area contributed by atoms with Crippen LogP contribution in [0.15, 0.2) is 22.7 Å². The van der Waals surface area contributed by atoms with Crippen LogP contribution in [0.25, 0.3) is 11.5 Å². The van der Waals surface area contributed by atoms with Crippen LogP contribution >= 0.6 is 0 Å². The van der Waals surface area contributed by atoms with E-state index in [2.05, 4.69) is 10.1 Å². The maximum Gasteiger partial charge on any atom is 0.260 e. The van der Waals surface area contributed by atoms with Crippen molar-refractivity contribution in [1.29, 1.82) is 0 Å². The average molecular weight is 271 g/mol. The number of rotatable bonds is 3. The molecule has 0 radical (unpaired) electrons. The van der Waals surface area contributed by atoms with Crippen molar-refractivity contribution in [3.8, 4) is 11.5 Å². The number of benzene rings is 1. The van der Waals surface area contributed by atoms with E-state index in [1.807, 2.05) is 0 Å². The summed E-state index contributed by atoms with van der Waals surface area (Å²) in [7, 11) is -3.26. The standard InChI is InChI=1S/C10H10FN3O3S/c1-18(15,16)5-9-13-10(17-14-9)7-3-2-6(12)4-8(7)11/h2-4H,5,12H2,1H3. The van der Waals surface area contributed by atoms with Crippen LogP contribution in [0.5, 0.6) is 0 Å². The van der Waals surface area contributed by atoms with Crippen LogP contribution < -0.4 is 5.73 Å². The average Bonchev–Trinajstić information content (AvgIpc) is 2.63. The SMILES string of the molecule is CS(=O)(=O)Cc1noc(-c2ccc(N)cc2F)n1. The zero-order valence-corrected chi connectivity index (χ0v) is 10.2. The van der Waals surface area contributed by atoms with Gasteiger partial charge in [-0.2, -0.15) is 4.98 Å². The second-order valence-corrected chi connectivity index (χ2v) is 5.97. The van der Waals surface area contributed by atoms with Crippen LogP contribution in [0.3, 0.4) is 0 Å². The molecule has 2 rings (SSSR count). The highest BCUT2D eigenvalue weighted by molar-refractivity contribution is 7.89. The molecule has 2 aromatic rings. The van der Waals surface area contributed by atoms with Crippen LogP contribution in [0, 0.1) is 5.82 Å². The molecule has 0 aliphatic heterocycles. The van der Waals surface area contributed by atoms with Gasteiger partial charge in [-0.3, -0.25) is 0 Å². The van der Waals surface area contributed by atoms with Crippen molar-refractivity contribution >= 4 is 15.5 Å². The van der Waals surface area contributed by atoms with Crippen LogP contribution in [0.4, 0.5) is 10.1 Å². The molecule has 0 amide bonds. The Bertz CT molecular complexity index is 681. The van der Waals surface area contributed by atoms with E-state index in [4.69, 9.17) is 10.3 Å². The zero-order valence-electron chi connectivity index (χ0n) is 9.42. The number of hydrogen-bond donors (Lipinski definition) is 1. The Morgan fingerprint density at radius 2 is 2.17 bits per heavy atom. The molecule has 0 aliphatic rings. The van der Waals surface area contributed by atoms with Gasteiger partial charge in [0.05, 0.1) is 5.56 Å². The van der Waals surface area contributed by atoms with Crippen LogP contribution in [-0.4, -0.2) is 24.8 Å². The summed E-state index contributed by atoms with van der Waals surface area (Å²) in [5.74, 6) is -1.05. The first-order valence-corrected chi connectivity index (χ1v) is 6.97. The lowest BCUT2D eigenvalue weighted by molar-refractivity contribution is 0.422. The van der Waals surface area contributed by atoms with Gasteiger partial charge in [-0.1, -0.05) is 5.16 Å². The Labute approximate surface area is 103 Å². The van der Waals surface area contributed by atoms with Gasteiger partial charge in [-0.15, -0.1) is 0 Å². The van der Waals surface area contributed by atoms with Gasteiger partial charge in [0.25, 0.3) is 5.89 Å². The predicted octanol–water partition coefficient (Wildman–Crippen LogP) is 1.00. The molecule has 1 aromatic carbocycles. The maximum absolute atomic E-state index is 13.6. The highest BCUT2D eigenvalue weighted by atomic mass is 32.2. The minimum atomic E-state index is -3.26. The van der Waals surface area contributed by atoms with E-state index in [0.29, 0.717) is 0 Å². The predicted molar refractivity (Wildman–Crippen MR) is 62.7 cm³/mol. The lowest BCUT2D eigenvalue weighted by atomic mass is 10.2. The van der Waals surface area contributed by atoms with Crippen molar-refractivity contribution in [2.45, 2.75) is 5.75 Å². The smallest absolute Gasteiger partial charge is 0.260 e. The minimum Gasteiger partial charge on any atom is -0.399 e. The Morgan fingerprint density at radius 3 is 2.78 bits per heavy atom. The molecule has 0 spiro atoms. The number of nitrogens with zero attached hydrogens (tertiary/aromatic N) is 2. The van der Waals surface area contributed by atoms with Crippen LogP contribution in [0.2, 0.25) is 0 Å². The molecule has 8 heteroatoms. The fraction of sp³-hybridized carbons (Fsp3) is 0.200. The van der Waals surface area contributed by atoms with E-state index in [-0.39, 0.29) is 28.7 Å². The molecular weight excluding hydrogens is 261 g/mol. The number of nitrogens with two attached hydrogens (primary N) is 1. The molecule has 0 bridgehead atoms. The lowest BCUT2D eigenvalue weighted by Gasteiger charge is -1.97. The van der Waals surface area contributed by atoms with Crippen LogP contribution in [-0.2, 0) is 15.6 Å². The highest BCUT2D eigenvalue weighted by Gasteiger charge is 2.16. The summed E-state index contributed by atoms with van der Waals surface area (Å²) in [5, 5.41) is 3.48. The van der Waals surface area contributed by atoms with E-state index in [0.717, 1.165) is 12.3 Å². The van der Waals surface area contributed by atoms with Gasteiger partial charge in [0.2, 0.25) is 0 Å². The van der Waals surface area contributed by atoms with Crippen LogP contribution in [0.1, 0.15) is 5.82 Å². The molecule has 96 valence electrons. The first-order valence-electron chi connectivity index (χ1n) is 4.91. The molecule has 0 unspecified atom stereocenters. The first kappa shape index (κ1) is 12.5. The fourth-order valence-electron chi connectivity index (χ4n) is 1.36. The Kier molecular flexibility index (Phi) is 3.04. The second kappa shape index (κ2) is 4.37. The third-order valence-corrected chi connectivity index (χ3v) is 2.87. The van der Waals surface area contributed by atoms with Crippen molar-refractivity contribution in [1.82, 2.24) is 10.1 Å². The summed E-state index contributed by atoms with van der Waals surface area (Å²) >= 11 is 0. The van der Waals surface area contributed by atoms with Crippen molar-refractivity contribution < 1.29 is 17.3 Å². The summed E-state index contributed by atoms with van der Waals surface area (Å²) in [4.78, 5) is 3.82. The molecule has 6 nitrogen and oxygen atoms in total. The van der Waals surface area contributed by atoms with E-state index < -0.39 is 15.7 Å². The summed E-state index contributed by atoms with van der Waals surface area (Å²) in [6.07, 6.45) is 1.05. The van der Waals surface area contributed by atoms with Crippen molar-refractivity contribution in [3.05, 3.63) is 29.8 Å². The van der Waals surface area contributed by atoms with Gasteiger partial charge < -0.3 is 10.3 Å². The number of halogens is 1. The molecule has 1 heterocycles. The quantitative estimate of drug-likeness (QED) is 0.836. The second-order valence-electron chi connectivity index (χ2n) is 3.83. The van der Waals surface area contributed by atoms with Gasteiger partial charge >= 0.3 is 0 Å². The summed E-state index contributed by atoms with van der Waals surface area (Å²) in [5.41, 5.74) is 5.76. The van der Waals surface area contributed by atoms with Crippen molar-refractivity contribution in [2.75, 3.05) is 12.0 Å². The third-order valence-electron chi connectivity index (χ3n) is 2.08. The van der Waals surface area contributed by atoms with E-state index >= 15 is 0 Å². The normalized spacial score (nSPS) is 11.7. The summed E-state index contributed by atoms with van der Waals surface area (Å²) in [6.45, 7) is 0. The molecular formula is C10H10FN3O3S. The number of aromatic nitrogens is 2. The van der Waals surface area contributed by atoms with Gasteiger partial charge in [0.15, 0.2) is 15.7 Å². The minimum absolute atomic E-state index is 0.0104. The van der Waals surface area contributed by atoms with Crippen molar-refractivity contribution in [3.63, 3.8) is 0 Å². The topological polar surface area (TPSA) is 99.1 Å². The number of sulfone groups is 1. The van der Waals surface area contributed by atoms with Gasteiger partial charge in [-0.25, -0.2) is 12.8 Å². The molecule has 0 aliphatic carbocycles. The zero-order chi connectivity index (χ0) is 13.3. The number of anilines is 1. The molecule has 0 atom stereocenters. The lowest BCUT2D eigenvalue weighted by Crippen LogP contribution is -2.02. The van der Waals surface area contributed by atoms with E-state index in [9.17, 15) is 12.8 Å². The van der Waals surface area contributed by atoms with E-state index in [1.54, 1.807) is 0 Å². The van der Waals surface area contributed by atoms with E-state index in [1.165, 1.54) is 12.1 Å². The maximum atomic E-state index is 13.6. The molecule has 0 saturated carbocycles. The van der Waals surface area contributed by atoms with Crippen molar-refractivity contribution in [2.24, 2.45) is 0 Å². The Balaban J connectivity index is 2.35. The molecule has 1 aromatic heterocycles. The van der Waals surface area contributed by atoms with Gasteiger partial charge in [-0.05, 0) is 18.2 Å². The van der Waals surface area contributed by atoms with Gasteiger partial charge in [0, 0.05) is 11.9 Å².